The molecule has 0 radical (unpaired) electrons. The smallest absolute Gasteiger partial charge is 0.354 e. The molecular weight excluding hydrogens is 432 g/mol. The number of ether oxygens (including phenoxy) is 1. The second-order valence-corrected chi connectivity index (χ2v) is 8.09. The summed E-state index contributed by atoms with van der Waals surface area (Å²) < 4.78 is 5.16. The number of carboxylic acids is 1. The summed E-state index contributed by atoms with van der Waals surface area (Å²) in [6.45, 7) is 0.406. The molecule has 3 N–H and O–H groups in total. The number of hydrogen-bond donors (Lipinski definition) is 3. The number of carbonyl (C=O) groups excluding carboxylic acids is 1. The van der Waals surface area contributed by atoms with Crippen LogP contribution in [0.25, 0.3) is 5.57 Å². The lowest BCUT2D eigenvalue weighted by Gasteiger charge is -2.19. The van der Waals surface area contributed by atoms with Gasteiger partial charge in [-0.1, -0.05) is 30.3 Å². The normalized spacial score (nSPS) is 17.7. The molecule has 0 bridgehead atoms. The number of aromatic carboxylic acids is 1. The highest BCUT2D eigenvalue weighted by atomic mass is 16.5. The van der Waals surface area contributed by atoms with Crippen molar-refractivity contribution in [3.63, 3.8) is 0 Å². The molecule has 2 aromatic carbocycles. The molecule has 2 atom stereocenters. The molecule has 0 saturated carbocycles. The molecule has 34 heavy (non-hydrogen) atoms. The van der Waals surface area contributed by atoms with Gasteiger partial charge in [0, 0.05) is 24.2 Å². The SMILES string of the molecule is COc1ccc(CNC(=O)c2cccc(C3=CC4c5cc(C(=O)O)ncc5NC4N=C3)c2)cc1. The van der Waals surface area contributed by atoms with Crippen LogP contribution in [0.4, 0.5) is 5.69 Å². The number of fused-ring (bicyclic) bond motifs is 3. The van der Waals surface area contributed by atoms with E-state index in [1.54, 1.807) is 25.5 Å². The lowest BCUT2D eigenvalue weighted by molar-refractivity contribution is 0.0690. The van der Waals surface area contributed by atoms with E-state index in [2.05, 4.69) is 26.7 Å². The maximum Gasteiger partial charge on any atom is 0.354 e. The number of amides is 1. The first-order valence-corrected chi connectivity index (χ1v) is 10.8. The van der Waals surface area contributed by atoms with Crippen molar-refractivity contribution in [3.8, 4) is 5.75 Å². The number of carboxylic acid groups (broad SMARTS) is 1. The number of rotatable bonds is 6. The summed E-state index contributed by atoms with van der Waals surface area (Å²) in [6.07, 6.45) is 5.16. The highest BCUT2D eigenvalue weighted by Gasteiger charge is 2.33. The topological polar surface area (TPSA) is 113 Å². The largest absolute Gasteiger partial charge is 0.497 e. The molecule has 3 aromatic rings. The van der Waals surface area contributed by atoms with Crippen LogP contribution in [0.3, 0.4) is 0 Å². The summed E-state index contributed by atoms with van der Waals surface area (Å²) in [5, 5.41) is 15.5. The van der Waals surface area contributed by atoms with Gasteiger partial charge in [0.2, 0.25) is 0 Å². The summed E-state index contributed by atoms with van der Waals surface area (Å²) in [6, 6.07) is 16.5. The second kappa shape index (κ2) is 8.82. The molecule has 5 rings (SSSR count). The van der Waals surface area contributed by atoms with E-state index in [9.17, 15) is 14.7 Å². The minimum Gasteiger partial charge on any atom is -0.497 e. The van der Waals surface area contributed by atoms with E-state index in [-0.39, 0.29) is 23.7 Å². The van der Waals surface area contributed by atoms with Crippen LogP contribution in [0.5, 0.6) is 5.75 Å². The fraction of sp³-hybridized carbons (Fsp3) is 0.154. The van der Waals surface area contributed by atoms with Crippen molar-refractivity contribution in [1.29, 1.82) is 0 Å². The Morgan fingerprint density at radius 3 is 2.74 bits per heavy atom. The first kappa shape index (κ1) is 21.4. The molecule has 2 aliphatic rings. The molecule has 8 nitrogen and oxygen atoms in total. The molecule has 1 aromatic heterocycles. The Morgan fingerprint density at radius 2 is 1.97 bits per heavy atom. The number of aromatic nitrogens is 1. The van der Waals surface area contributed by atoms with Crippen LogP contribution in [0.15, 0.2) is 71.9 Å². The number of methoxy groups -OCH3 is 1. The van der Waals surface area contributed by atoms with E-state index in [1.165, 1.54) is 6.20 Å². The van der Waals surface area contributed by atoms with Gasteiger partial charge >= 0.3 is 5.97 Å². The average molecular weight is 454 g/mol. The Balaban J connectivity index is 1.34. The zero-order chi connectivity index (χ0) is 23.7. The van der Waals surface area contributed by atoms with Crippen molar-refractivity contribution in [2.24, 2.45) is 4.99 Å². The van der Waals surface area contributed by atoms with Crippen molar-refractivity contribution >= 4 is 29.4 Å². The first-order valence-electron chi connectivity index (χ1n) is 10.8. The maximum absolute atomic E-state index is 12.8. The lowest BCUT2D eigenvalue weighted by atomic mass is 9.91. The highest BCUT2D eigenvalue weighted by Crippen LogP contribution is 2.40. The second-order valence-electron chi connectivity index (χ2n) is 8.09. The zero-order valence-electron chi connectivity index (χ0n) is 18.4. The van der Waals surface area contributed by atoms with Crippen molar-refractivity contribution in [3.05, 3.63) is 94.8 Å². The van der Waals surface area contributed by atoms with E-state index in [4.69, 9.17) is 4.74 Å². The molecule has 2 aliphatic heterocycles. The third-order valence-electron chi connectivity index (χ3n) is 5.96. The molecule has 1 amide bonds. The fourth-order valence-electron chi connectivity index (χ4n) is 4.15. The Bertz CT molecular complexity index is 1330. The number of anilines is 1. The molecule has 0 fully saturated rings. The maximum atomic E-state index is 12.8. The Hall–Kier alpha value is -4.46. The molecule has 0 saturated heterocycles. The van der Waals surface area contributed by atoms with Gasteiger partial charge in [-0.2, -0.15) is 0 Å². The summed E-state index contributed by atoms with van der Waals surface area (Å²) >= 11 is 0. The van der Waals surface area contributed by atoms with Crippen LogP contribution in [0.2, 0.25) is 0 Å². The average Bonchev–Trinajstić information content (AvgIpc) is 3.24. The van der Waals surface area contributed by atoms with Gasteiger partial charge in [0.1, 0.15) is 17.6 Å². The van der Waals surface area contributed by atoms with Crippen LogP contribution in [0, 0.1) is 0 Å². The molecule has 170 valence electrons. The third kappa shape index (κ3) is 4.13. The number of nitrogens with zero attached hydrogens (tertiary/aromatic N) is 2. The minimum absolute atomic E-state index is 0.00114. The number of pyridine rings is 1. The minimum atomic E-state index is -1.07. The number of allylic oxidation sites excluding steroid dienone is 1. The zero-order valence-corrected chi connectivity index (χ0v) is 18.4. The van der Waals surface area contributed by atoms with Crippen molar-refractivity contribution < 1.29 is 19.4 Å². The number of benzene rings is 2. The van der Waals surface area contributed by atoms with E-state index < -0.39 is 5.97 Å². The fourth-order valence-corrected chi connectivity index (χ4v) is 4.15. The van der Waals surface area contributed by atoms with E-state index in [0.717, 1.165) is 33.7 Å². The third-order valence-corrected chi connectivity index (χ3v) is 5.96. The van der Waals surface area contributed by atoms with Crippen molar-refractivity contribution in [2.45, 2.75) is 18.6 Å². The van der Waals surface area contributed by atoms with E-state index in [1.807, 2.05) is 42.5 Å². The highest BCUT2D eigenvalue weighted by molar-refractivity contribution is 6.11. The Morgan fingerprint density at radius 1 is 1.15 bits per heavy atom. The predicted octanol–water partition coefficient (Wildman–Crippen LogP) is 3.72. The van der Waals surface area contributed by atoms with Gasteiger partial charge in [-0.15, -0.1) is 0 Å². The number of dihydropyridines is 1. The van der Waals surface area contributed by atoms with Crippen LogP contribution in [-0.4, -0.2) is 41.5 Å². The van der Waals surface area contributed by atoms with Gasteiger partial charge in [0.05, 0.1) is 19.0 Å². The quantitative estimate of drug-likeness (QED) is 0.523. The van der Waals surface area contributed by atoms with Gasteiger partial charge in [-0.3, -0.25) is 9.79 Å². The summed E-state index contributed by atoms with van der Waals surface area (Å²) in [7, 11) is 1.61. The summed E-state index contributed by atoms with van der Waals surface area (Å²) in [5.74, 6) is -0.594. The molecular formula is C26H22N4O4. The number of carbonyl (C=O) groups is 2. The van der Waals surface area contributed by atoms with Gasteiger partial charge in [0.15, 0.2) is 0 Å². The van der Waals surface area contributed by atoms with Crippen LogP contribution in [0.1, 0.15) is 43.5 Å². The van der Waals surface area contributed by atoms with E-state index in [0.29, 0.717) is 12.1 Å². The summed E-state index contributed by atoms with van der Waals surface area (Å²) in [4.78, 5) is 32.7. The molecule has 3 heterocycles. The molecule has 2 unspecified atom stereocenters. The van der Waals surface area contributed by atoms with Gasteiger partial charge in [-0.05, 0) is 52.6 Å². The summed E-state index contributed by atoms with van der Waals surface area (Å²) in [5.41, 5.74) is 4.88. The number of aliphatic imine (C=N–C) groups is 1. The predicted molar refractivity (Wildman–Crippen MR) is 128 cm³/mol. The molecule has 8 heteroatoms. The Labute approximate surface area is 196 Å². The van der Waals surface area contributed by atoms with Gasteiger partial charge < -0.3 is 20.5 Å². The van der Waals surface area contributed by atoms with Crippen LogP contribution in [-0.2, 0) is 6.54 Å². The van der Waals surface area contributed by atoms with Gasteiger partial charge in [-0.25, -0.2) is 9.78 Å². The monoisotopic (exact) mass is 454 g/mol. The van der Waals surface area contributed by atoms with Crippen LogP contribution >= 0.6 is 0 Å². The molecule has 0 aliphatic carbocycles. The van der Waals surface area contributed by atoms with Crippen LogP contribution < -0.4 is 15.4 Å². The van der Waals surface area contributed by atoms with E-state index >= 15 is 0 Å². The van der Waals surface area contributed by atoms with Crippen molar-refractivity contribution in [1.82, 2.24) is 10.3 Å². The number of nitrogens with one attached hydrogen (secondary N) is 2. The molecule has 0 spiro atoms. The van der Waals surface area contributed by atoms with Gasteiger partial charge in [0.25, 0.3) is 5.91 Å². The standard InChI is InChI=1S/C26H22N4O4/c1-34-19-7-5-15(6-8-19)12-29-25(31)17-4-2-3-16(9-17)18-10-21-20-11-22(26(32)33)27-14-23(20)30-24(21)28-13-18/h2-11,13-14,21,24,30H,12H2,1H3,(H,29,31)(H,32,33). The Kier molecular flexibility index (Phi) is 5.55. The first-order chi connectivity index (χ1) is 16.5. The lowest BCUT2D eigenvalue weighted by Crippen LogP contribution is -2.23. The number of hydrogen-bond acceptors (Lipinski definition) is 6. The van der Waals surface area contributed by atoms with Crippen molar-refractivity contribution in [2.75, 3.05) is 12.4 Å².